The summed E-state index contributed by atoms with van der Waals surface area (Å²) in [6, 6.07) is 1.77. The van der Waals surface area contributed by atoms with E-state index in [1.807, 2.05) is 22.9 Å². The summed E-state index contributed by atoms with van der Waals surface area (Å²) in [5.41, 5.74) is 1.35. The molecule has 1 atom stereocenters. The molecule has 1 unspecified atom stereocenters. The third-order valence-electron chi connectivity index (χ3n) is 4.41. The third kappa shape index (κ3) is 4.47. The number of amides is 1. The van der Waals surface area contributed by atoms with Crippen molar-refractivity contribution in [2.24, 2.45) is 0 Å². The first-order valence-corrected chi connectivity index (χ1v) is 10.4. The van der Waals surface area contributed by atoms with Gasteiger partial charge < -0.3 is 9.80 Å². The number of sulfone groups is 1. The zero-order valence-electron chi connectivity index (χ0n) is 14.7. The monoisotopic (exact) mass is 353 g/mol. The molecule has 0 aromatic carbocycles. The van der Waals surface area contributed by atoms with E-state index in [-0.39, 0.29) is 23.5 Å². The van der Waals surface area contributed by atoms with Crippen molar-refractivity contribution in [3.05, 3.63) is 24.0 Å². The van der Waals surface area contributed by atoms with E-state index in [4.69, 9.17) is 0 Å². The molecule has 24 heavy (non-hydrogen) atoms. The molecule has 1 aromatic heterocycles. The van der Waals surface area contributed by atoms with E-state index in [2.05, 4.69) is 18.8 Å². The molecule has 0 radical (unpaired) electrons. The van der Waals surface area contributed by atoms with Gasteiger partial charge in [-0.15, -0.1) is 0 Å². The molecule has 1 saturated heterocycles. The number of carbonyl (C=O) groups excluding carboxylic acids is 1. The summed E-state index contributed by atoms with van der Waals surface area (Å²) in [6.45, 7) is 5.57. The van der Waals surface area contributed by atoms with Gasteiger partial charge in [-0.1, -0.05) is 13.8 Å². The Morgan fingerprint density at radius 2 is 1.92 bits per heavy atom. The van der Waals surface area contributed by atoms with Crippen LogP contribution in [0.5, 0.6) is 0 Å². The second kappa shape index (κ2) is 7.96. The van der Waals surface area contributed by atoms with Crippen molar-refractivity contribution in [3.8, 4) is 0 Å². The number of carbonyl (C=O) groups is 1. The lowest BCUT2D eigenvalue weighted by Crippen LogP contribution is -2.34. The number of hydrogen-bond donors (Lipinski definition) is 0. The van der Waals surface area contributed by atoms with Crippen molar-refractivity contribution >= 4 is 21.4 Å². The molecule has 0 bridgehead atoms. The summed E-state index contributed by atoms with van der Waals surface area (Å²) in [6.07, 6.45) is 5.72. The van der Waals surface area contributed by atoms with Gasteiger partial charge in [0.2, 0.25) is 0 Å². The Labute approximate surface area is 144 Å². The highest BCUT2D eigenvalue weighted by molar-refractivity contribution is 7.91. The van der Waals surface area contributed by atoms with Gasteiger partial charge in [0.1, 0.15) is 0 Å². The SMILES string of the molecule is CCCN(CCC)C(=O)c1cncc(N(C)C2CCS(=O)(=O)C2)c1. The quantitative estimate of drug-likeness (QED) is 0.749. The van der Waals surface area contributed by atoms with E-state index in [9.17, 15) is 13.2 Å². The van der Waals surface area contributed by atoms with Crippen LogP contribution in [0.2, 0.25) is 0 Å². The van der Waals surface area contributed by atoms with Crippen molar-refractivity contribution in [1.29, 1.82) is 0 Å². The third-order valence-corrected chi connectivity index (χ3v) is 6.16. The average molecular weight is 353 g/mol. The molecule has 0 spiro atoms. The molecule has 2 rings (SSSR count). The maximum absolute atomic E-state index is 12.7. The van der Waals surface area contributed by atoms with Crippen LogP contribution in [0.1, 0.15) is 43.5 Å². The molecule has 1 amide bonds. The first-order chi connectivity index (χ1) is 11.4. The van der Waals surface area contributed by atoms with Gasteiger partial charge in [-0.25, -0.2) is 8.42 Å². The molecule has 134 valence electrons. The molecule has 1 aliphatic heterocycles. The summed E-state index contributed by atoms with van der Waals surface area (Å²) in [7, 11) is -1.07. The highest BCUT2D eigenvalue weighted by Gasteiger charge is 2.31. The van der Waals surface area contributed by atoms with Crippen LogP contribution in [0.4, 0.5) is 5.69 Å². The summed E-state index contributed by atoms with van der Waals surface area (Å²) >= 11 is 0. The predicted molar refractivity (Wildman–Crippen MR) is 96.2 cm³/mol. The maximum Gasteiger partial charge on any atom is 0.255 e. The molecule has 6 nitrogen and oxygen atoms in total. The number of hydrogen-bond acceptors (Lipinski definition) is 5. The largest absolute Gasteiger partial charge is 0.369 e. The van der Waals surface area contributed by atoms with Crippen LogP contribution in [-0.4, -0.2) is 61.9 Å². The van der Waals surface area contributed by atoms with Crippen molar-refractivity contribution in [2.45, 2.75) is 39.2 Å². The zero-order valence-corrected chi connectivity index (χ0v) is 15.6. The van der Waals surface area contributed by atoms with Gasteiger partial charge in [-0.05, 0) is 25.3 Å². The van der Waals surface area contributed by atoms with Crippen molar-refractivity contribution < 1.29 is 13.2 Å². The minimum atomic E-state index is -2.94. The van der Waals surface area contributed by atoms with Gasteiger partial charge in [-0.2, -0.15) is 0 Å². The Kier molecular flexibility index (Phi) is 6.21. The lowest BCUT2D eigenvalue weighted by Gasteiger charge is -2.26. The number of anilines is 1. The Balaban J connectivity index is 2.17. The van der Waals surface area contributed by atoms with Gasteiger partial charge in [0, 0.05) is 32.4 Å². The lowest BCUT2D eigenvalue weighted by atomic mass is 10.1. The normalized spacial score (nSPS) is 19.2. The van der Waals surface area contributed by atoms with Gasteiger partial charge >= 0.3 is 0 Å². The Morgan fingerprint density at radius 1 is 1.25 bits per heavy atom. The number of nitrogens with zero attached hydrogens (tertiary/aromatic N) is 3. The van der Waals surface area contributed by atoms with Crippen molar-refractivity contribution in [3.63, 3.8) is 0 Å². The maximum atomic E-state index is 12.7. The van der Waals surface area contributed by atoms with Crippen LogP contribution in [0.15, 0.2) is 18.5 Å². The molecule has 7 heteroatoms. The molecule has 2 heterocycles. The fourth-order valence-corrected chi connectivity index (χ4v) is 4.84. The smallest absolute Gasteiger partial charge is 0.255 e. The van der Waals surface area contributed by atoms with Gasteiger partial charge in [0.05, 0.1) is 29.0 Å². The molecule has 1 aliphatic rings. The minimum Gasteiger partial charge on any atom is -0.369 e. The van der Waals surface area contributed by atoms with E-state index in [0.29, 0.717) is 12.0 Å². The molecule has 0 N–H and O–H groups in total. The summed E-state index contributed by atoms with van der Waals surface area (Å²) in [5.74, 6) is 0.384. The Bertz CT molecular complexity index is 669. The highest BCUT2D eigenvalue weighted by atomic mass is 32.2. The van der Waals surface area contributed by atoms with Crippen molar-refractivity contribution in [2.75, 3.05) is 36.5 Å². The predicted octanol–water partition coefficient (Wildman–Crippen LogP) is 1.97. The van der Waals surface area contributed by atoms with Gasteiger partial charge in [-0.3, -0.25) is 9.78 Å². The van der Waals surface area contributed by atoms with E-state index in [1.165, 1.54) is 0 Å². The fourth-order valence-electron chi connectivity index (χ4n) is 3.07. The van der Waals surface area contributed by atoms with Gasteiger partial charge in [0.15, 0.2) is 9.84 Å². The van der Waals surface area contributed by atoms with Crippen LogP contribution in [-0.2, 0) is 9.84 Å². The Morgan fingerprint density at radius 3 is 2.46 bits per heavy atom. The molecule has 0 saturated carbocycles. The van der Waals surface area contributed by atoms with Crippen LogP contribution >= 0.6 is 0 Å². The van der Waals surface area contributed by atoms with Crippen LogP contribution < -0.4 is 4.90 Å². The van der Waals surface area contributed by atoms with Crippen LogP contribution in [0.3, 0.4) is 0 Å². The standard InChI is InChI=1S/C17H27N3O3S/c1-4-7-20(8-5-2)17(21)14-10-16(12-18-11-14)19(3)15-6-9-24(22,23)13-15/h10-12,15H,4-9,13H2,1-3H3. The van der Waals surface area contributed by atoms with E-state index < -0.39 is 9.84 Å². The van der Waals surface area contributed by atoms with Crippen molar-refractivity contribution in [1.82, 2.24) is 9.88 Å². The first-order valence-electron chi connectivity index (χ1n) is 8.55. The number of aromatic nitrogens is 1. The lowest BCUT2D eigenvalue weighted by molar-refractivity contribution is 0.0755. The van der Waals surface area contributed by atoms with Crippen LogP contribution in [0, 0.1) is 0 Å². The topological polar surface area (TPSA) is 70.6 Å². The van der Waals surface area contributed by atoms with E-state index in [0.717, 1.165) is 31.6 Å². The summed E-state index contributed by atoms with van der Waals surface area (Å²) in [5, 5.41) is 0. The summed E-state index contributed by atoms with van der Waals surface area (Å²) < 4.78 is 23.4. The first kappa shape index (κ1) is 18.7. The van der Waals surface area contributed by atoms with E-state index >= 15 is 0 Å². The molecule has 1 aromatic rings. The number of pyridine rings is 1. The van der Waals surface area contributed by atoms with E-state index in [1.54, 1.807) is 12.4 Å². The Hall–Kier alpha value is -1.63. The fraction of sp³-hybridized carbons (Fsp3) is 0.647. The molecule has 1 fully saturated rings. The minimum absolute atomic E-state index is 0.0134. The number of rotatable bonds is 7. The summed E-state index contributed by atoms with van der Waals surface area (Å²) in [4.78, 5) is 20.7. The second-order valence-electron chi connectivity index (χ2n) is 6.39. The highest BCUT2D eigenvalue weighted by Crippen LogP contribution is 2.23. The molecular formula is C17H27N3O3S. The molecular weight excluding hydrogens is 326 g/mol. The van der Waals surface area contributed by atoms with Gasteiger partial charge in [0.25, 0.3) is 5.91 Å². The average Bonchev–Trinajstić information content (AvgIpc) is 2.93. The second-order valence-corrected chi connectivity index (χ2v) is 8.62. The van der Waals surface area contributed by atoms with Crippen LogP contribution in [0.25, 0.3) is 0 Å². The molecule has 0 aliphatic carbocycles. The zero-order chi connectivity index (χ0) is 17.7.